The number of aromatic nitrogens is 1. The van der Waals surface area contributed by atoms with E-state index in [1.54, 1.807) is 7.11 Å². The molecule has 2 heterocycles. The SMILES string of the molecule is CCC1CCCCCN1c1nc(OC)ccc1N. The van der Waals surface area contributed by atoms with Gasteiger partial charge in [0.2, 0.25) is 5.88 Å². The fourth-order valence-electron chi connectivity index (χ4n) is 2.67. The molecule has 1 fully saturated rings. The van der Waals surface area contributed by atoms with Gasteiger partial charge in [0.1, 0.15) is 0 Å². The van der Waals surface area contributed by atoms with Crippen molar-refractivity contribution in [3.63, 3.8) is 0 Å². The molecular formula is C14H23N3O. The number of anilines is 2. The summed E-state index contributed by atoms with van der Waals surface area (Å²) in [6, 6.07) is 4.26. The van der Waals surface area contributed by atoms with Crippen LogP contribution < -0.4 is 15.4 Å². The van der Waals surface area contributed by atoms with Gasteiger partial charge in [-0.1, -0.05) is 19.8 Å². The van der Waals surface area contributed by atoms with Gasteiger partial charge in [0.05, 0.1) is 12.8 Å². The Kier molecular flexibility index (Phi) is 4.28. The van der Waals surface area contributed by atoms with Crippen LogP contribution in [0.15, 0.2) is 12.1 Å². The van der Waals surface area contributed by atoms with Crippen LogP contribution in [0.4, 0.5) is 11.5 Å². The number of hydrogen-bond acceptors (Lipinski definition) is 4. The first-order chi connectivity index (χ1) is 8.76. The molecule has 1 aliphatic heterocycles. The smallest absolute Gasteiger partial charge is 0.215 e. The number of rotatable bonds is 3. The maximum atomic E-state index is 6.08. The van der Waals surface area contributed by atoms with E-state index < -0.39 is 0 Å². The van der Waals surface area contributed by atoms with E-state index in [0.29, 0.717) is 11.9 Å². The number of ether oxygens (including phenoxy) is 1. The molecule has 0 aliphatic carbocycles. The van der Waals surface area contributed by atoms with Crippen LogP contribution in [0.2, 0.25) is 0 Å². The van der Waals surface area contributed by atoms with E-state index in [9.17, 15) is 0 Å². The van der Waals surface area contributed by atoms with E-state index in [1.165, 1.54) is 25.7 Å². The minimum Gasteiger partial charge on any atom is -0.481 e. The molecule has 1 aliphatic rings. The van der Waals surface area contributed by atoms with Crippen molar-refractivity contribution in [1.82, 2.24) is 4.98 Å². The average Bonchev–Trinajstić information content (AvgIpc) is 2.64. The maximum absolute atomic E-state index is 6.08. The Balaban J connectivity index is 2.31. The first kappa shape index (κ1) is 13.0. The molecule has 1 aromatic rings. The molecule has 0 spiro atoms. The summed E-state index contributed by atoms with van der Waals surface area (Å²) in [5.74, 6) is 1.53. The Bertz CT molecular complexity index is 395. The molecule has 100 valence electrons. The van der Waals surface area contributed by atoms with Crippen LogP contribution in [-0.2, 0) is 0 Å². The highest BCUT2D eigenvalue weighted by molar-refractivity contribution is 5.64. The molecule has 0 aromatic carbocycles. The summed E-state index contributed by atoms with van der Waals surface area (Å²) >= 11 is 0. The largest absolute Gasteiger partial charge is 0.481 e. The van der Waals surface area contributed by atoms with Crippen LogP contribution in [0.5, 0.6) is 5.88 Å². The Morgan fingerprint density at radius 1 is 1.39 bits per heavy atom. The molecule has 0 radical (unpaired) electrons. The van der Waals surface area contributed by atoms with Crippen molar-refractivity contribution < 1.29 is 4.74 Å². The minimum absolute atomic E-state index is 0.550. The first-order valence-electron chi connectivity index (χ1n) is 6.83. The Labute approximate surface area is 109 Å². The van der Waals surface area contributed by atoms with E-state index in [0.717, 1.165) is 24.5 Å². The quantitative estimate of drug-likeness (QED) is 0.895. The molecule has 2 N–H and O–H groups in total. The summed E-state index contributed by atoms with van der Waals surface area (Å²) in [5, 5.41) is 0. The second-order valence-electron chi connectivity index (χ2n) is 4.87. The zero-order valence-corrected chi connectivity index (χ0v) is 11.4. The molecule has 18 heavy (non-hydrogen) atoms. The standard InChI is InChI=1S/C14H23N3O/c1-3-11-7-5-4-6-10-17(11)14-12(15)8-9-13(16-14)18-2/h8-9,11H,3-7,10,15H2,1-2H3. The Hall–Kier alpha value is -1.45. The zero-order valence-electron chi connectivity index (χ0n) is 11.4. The van der Waals surface area contributed by atoms with E-state index in [4.69, 9.17) is 10.5 Å². The van der Waals surface area contributed by atoms with E-state index in [-0.39, 0.29) is 0 Å². The van der Waals surface area contributed by atoms with Crippen LogP contribution in [0.1, 0.15) is 39.0 Å². The average molecular weight is 249 g/mol. The van der Waals surface area contributed by atoms with Gasteiger partial charge in [0, 0.05) is 18.7 Å². The molecule has 0 amide bonds. The number of pyridine rings is 1. The lowest BCUT2D eigenvalue weighted by molar-refractivity contribution is 0.397. The number of methoxy groups -OCH3 is 1. The van der Waals surface area contributed by atoms with Gasteiger partial charge in [-0.25, -0.2) is 0 Å². The number of nitrogens with zero attached hydrogens (tertiary/aromatic N) is 2. The van der Waals surface area contributed by atoms with E-state index >= 15 is 0 Å². The normalized spacial score (nSPS) is 20.6. The second kappa shape index (κ2) is 5.94. The van der Waals surface area contributed by atoms with Crippen molar-refractivity contribution in [1.29, 1.82) is 0 Å². The van der Waals surface area contributed by atoms with Gasteiger partial charge in [-0.05, 0) is 25.3 Å². The molecule has 4 heteroatoms. The molecule has 4 nitrogen and oxygen atoms in total. The lowest BCUT2D eigenvalue weighted by Crippen LogP contribution is -2.35. The van der Waals surface area contributed by atoms with Crippen LogP contribution in [0.25, 0.3) is 0 Å². The van der Waals surface area contributed by atoms with Gasteiger partial charge in [0.25, 0.3) is 0 Å². The molecule has 0 bridgehead atoms. The van der Waals surface area contributed by atoms with Gasteiger partial charge in [-0.2, -0.15) is 4.98 Å². The molecule has 2 rings (SSSR count). The third-order valence-electron chi connectivity index (χ3n) is 3.71. The highest BCUT2D eigenvalue weighted by atomic mass is 16.5. The van der Waals surface area contributed by atoms with Gasteiger partial charge in [-0.15, -0.1) is 0 Å². The highest BCUT2D eigenvalue weighted by Crippen LogP contribution is 2.30. The zero-order chi connectivity index (χ0) is 13.0. The summed E-state index contributed by atoms with van der Waals surface area (Å²) in [6.45, 7) is 3.28. The topological polar surface area (TPSA) is 51.4 Å². The van der Waals surface area contributed by atoms with Crippen molar-refractivity contribution in [3.05, 3.63) is 12.1 Å². The summed E-state index contributed by atoms with van der Waals surface area (Å²) in [7, 11) is 1.64. The maximum Gasteiger partial charge on any atom is 0.215 e. The predicted octanol–water partition coefficient (Wildman–Crippen LogP) is 2.83. The number of nitrogens with two attached hydrogens (primary N) is 1. The van der Waals surface area contributed by atoms with Crippen molar-refractivity contribution in [2.24, 2.45) is 0 Å². The van der Waals surface area contributed by atoms with Crippen LogP contribution in [-0.4, -0.2) is 24.7 Å². The van der Waals surface area contributed by atoms with Crippen LogP contribution in [0.3, 0.4) is 0 Å². The monoisotopic (exact) mass is 249 g/mol. The summed E-state index contributed by atoms with van der Waals surface area (Å²) in [4.78, 5) is 6.90. The van der Waals surface area contributed by atoms with Gasteiger partial charge in [0.15, 0.2) is 5.82 Å². The van der Waals surface area contributed by atoms with Gasteiger partial charge < -0.3 is 15.4 Å². The van der Waals surface area contributed by atoms with Crippen molar-refractivity contribution in [2.75, 3.05) is 24.3 Å². The molecule has 1 atom stereocenters. The van der Waals surface area contributed by atoms with E-state index in [2.05, 4.69) is 16.8 Å². The minimum atomic E-state index is 0.550. The van der Waals surface area contributed by atoms with Crippen molar-refractivity contribution >= 4 is 11.5 Å². The Morgan fingerprint density at radius 3 is 2.94 bits per heavy atom. The first-order valence-corrected chi connectivity index (χ1v) is 6.83. The summed E-state index contributed by atoms with van der Waals surface area (Å²) in [6.07, 6.45) is 6.19. The molecule has 1 unspecified atom stereocenters. The van der Waals surface area contributed by atoms with Crippen molar-refractivity contribution in [3.8, 4) is 5.88 Å². The summed E-state index contributed by atoms with van der Waals surface area (Å²) in [5.41, 5.74) is 6.83. The lowest BCUT2D eigenvalue weighted by atomic mass is 10.1. The highest BCUT2D eigenvalue weighted by Gasteiger charge is 2.22. The third-order valence-corrected chi connectivity index (χ3v) is 3.71. The van der Waals surface area contributed by atoms with Gasteiger partial charge in [-0.3, -0.25) is 0 Å². The van der Waals surface area contributed by atoms with Crippen LogP contribution >= 0.6 is 0 Å². The molecule has 1 aromatic heterocycles. The van der Waals surface area contributed by atoms with Crippen molar-refractivity contribution in [2.45, 2.75) is 45.1 Å². The summed E-state index contributed by atoms with van der Waals surface area (Å²) < 4.78 is 5.21. The molecule has 0 saturated carbocycles. The second-order valence-corrected chi connectivity index (χ2v) is 4.87. The fourth-order valence-corrected chi connectivity index (χ4v) is 2.67. The molecule has 1 saturated heterocycles. The van der Waals surface area contributed by atoms with Crippen LogP contribution in [0, 0.1) is 0 Å². The molecular weight excluding hydrogens is 226 g/mol. The third kappa shape index (κ3) is 2.68. The number of nitrogen functional groups attached to an aromatic ring is 1. The fraction of sp³-hybridized carbons (Fsp3) is 0.643. The predicted molar refractivity (Wildman–Crippen MR) is 75.1 cm³/mol. The Morgan fingerprint density at radius 2 is 2.22 bits per heavy atom. The van der Waals surface area contributed by atoms with Gasteiger partial charge >= 0.3 is 0 Å². The lowest BCUT2D eigenvalue weighted by Gasteiger charge is -2.31. The van der Waals surface area contributed by atoms with E-state index in [1.807, 2.05) is 12.1 Å². The number of hydrogen-bond donors (Lipinski definition) is 1.